The average Bonchev–Trinajstić information content (AvgIpc) is 2.88. The van der Waals surface area contributed by atoms with Gasteiger partial charge in [-0.05, 0) is 68.1 Å². The summed E-state index contributed by atoms with van der Waals surface area (Å²) in [5.74, 6) is 0.578. The van der Waals surface area contributed by atoms with Crippen molar-refractivity contribution in [2.45, 2.75) is 44.8 Å². The van der Waals surface area contributed by atoms with Crippen molar-refractivity contribution in [1.29, 1.82) is 0 Å². The molecule has 0 aliphatic heterocycles. The fraction of sp³-hybridized carbons (Fsp3) is 0.407. The third-order valence-corrected chi connectivity index (χ3v) is 6.09. The molecule has 10 nitrogen and oxygen atoms in total. The second kappa shape index (κ2) is 13.0. The number of nitrogens with zero attached hydrogens (tertiary/aromatic N) is 4. The first-order valence-electron chi connectivity index (χ1n) is 12.6. The molecule has 0 unspecified atom stereocenters. The lowest BCUT2D eigenvalue weighted by Gasteiger charge is -2.27. The van der Waals surface area contributed by atoms with Crippen molar-refractivity contribution in [3.05, 3.63) is 59.9 Å². The maximum atomic E-state index is 13.3. The summed E-state index contributed by atoms with van der Waals surface area (Å²) in [5, 5.41) is 12.6. The summed E-state index contributed by atoms with van der Waals surface area (Å²) in [7, 11) is 1.84. The average molecular weight is 526 g/mol. The number of carbonyl (C=O) groups is 1. The second-order valence-corrected chi connectivity index (χ2v) is 8.97. The van der Waals surface area contributed by atoms with Gasteiger partial charge in [0.1, 0.15) is 23.9 Å². The third-order valence-electron chi connectivity index (χ3n) is 6.09. The molecule has 11 heteroatoms. The lowest BCUT2D eigenvalue weighted by Crippen LogP contribution is -2.30. The number of nitrogens with one attached hydrogen (secondary N) is 1. The maximum Gasteiger partial charge on any atom is 0.333 e. The summed E-state index contributed by atoms with van der Waals surface area (Å²) in [5.41, 5.74) is 0.848. The van der Waals surface area contributed by atoms with Gasteiger partial charge in [0.25, 0.3) is 0 Å². The number of ether oxygens (including phenoxy) is 3. The number of benzene rings is 2. The number of hydrogen-bond acceptors (Lipinski definition) is 9. The molecular formula is C27H32FN5O5. The van der Waals surface area contributed by atoms with Gasteiger partial charge in [0.05, 0.1) is 6.54 Å². The van der Waals surface area contributed by atoms with E-state index in [0.29, 0.717) is 49.2 Å². The first kappa shape index (κ1) is 27.1. The monoisotopic (exact) mass is 525 g/mol. The molecule has 38 heavy (non-hydrogen) atoms. The van der Waals surface area contributed by atoms with Gasteiger partial charge in [0.15, 0.2) is 6.10 Å². The number of likely N-dealkylation sites (N-methyl/N-ethyl adjacent to an activating group) is 1. The minimum absolute atomic E-state index is 0.110. The Hall–Kier alpha value is -3.99. The van der Waals surface area contributed by atoms with E-state index in [-0.39, 0.29) is 18.2 Å². The Labute approximate surface area is 220 Å². The van der Waals surface area contributed by atoms with E-state index in [2.05, 4.69) is 20.3 Å². The fourth-order valence-electron chi connectivity index (χ4n) is 3.72. The standard InChI is InChI=1S/C27H32FN5O5/c1-3-36-23(24(34)35)17-18-7-11-21(12-8-18)37-16-15-33(2)26-30-25(29-20-5-4-6-20)31-27(32-26)38-22-13-9-19(28)10-14-22/h7-14,20,23H,3-6,15-17H2,1-2H3,(H,34,35)(H,29,30,31,32)/t23-/m0/s1. The number of hydrogen-bond donors (Lipinski definition) is 2. The largest absolute Gasteiger partial charge is 0.492 e. The summed E-state index contributed by atoms with van der Waals surface area (Å²) in [6.07, 6.45) is 2.69. The molecular weight excluding hydrogens is 493 g/mol. The van der Waals surface area contributed by atoms with Gasteiger partial charge in [-0.1, -0.05) is 12.1 Å². The number of aromatic nitrogens is 3. The van der Waals surface area contributed by atoms with Crippen LogP contribution in [0.2, 0.25) is 0 Å². The van der Waals surface area contributed by atoms with Crippen LogP contribution in [0.25, 0.3) is 0 Å². The molecule has 3 aromatic rings. The SMILES string of the molecule is CCO[C@@H](Cc1ccc(OCCN(C)c2nc(NC3CCC3)nc(Oc3ccc(F)cc3)n2)cc1)C(=O)O. The molecule has 1 atom stereocenters. The molecule has 202 valence electrons. The number of carboxylic acids is 1. The third kappa shape index (κ3) is 7.75. The predicted octanol–water partition coefficient (Wildman–Crippen LogP) is 4.31. The molecule has 1 aliphatic rings. The summed E-state index contributed by atoms with van der Waals surface area (Å²) in [6.45, 7) is 2.95. The van der Waals surface area contributed by atoms with Crippen molar-refractivity contribution < 1.29 is 28.5 Å². The van der Waals surface area contributed by atoms with Gasteiger partial charge >= 0.3 is 12.0 Å². The molecule has 1 aromatic heterocycles. The van der Waals surface area contributed by atoms with Crippen molar-refractivity contribution in [3.63, 3.8) is 0 Å². The van der Waals surface area contributed by atoms with E-state index in [1.165, 1.54) is 30.7 Å². The molecule has 0 spiro atoms. The van der Waals surface area contributed by atoms with Crippen LogP contribution in [-0.4, -0.2) is 65.0 Å². The highest BCUT2D eigenvalue weighted by Gasteiger charge is 2.20. The van der Waals surface area contributed by atoms with Crippen molar-refractivity contribution in [3.8, 4) is 17.5 Å². The van der Waals surface area contributed by atoms with Crippen LogP contribution in [0, 0.1) is 5.82 Å². The molecule has 0 amide bonds. The Balaban J connectivity index is 1.36. The summed E-state index contributed by atoms with van der Waals surface area (Å²) in [6, 6.07) is 13.3. The minimum Gasteiger partial charge on any atom is -0.492 e. The van der Waals surface area contributed by atoms with Gasteiger partial charge in [-0.3, -0.25) is 0 Å². The lowest BCUT2D eigenvalue weighted by atomic mass is 9.93. The molecule has 0 radical (unpaired) electrons. The molecule has 0 saturated heterocycles. The van der Waals surface area contributed by atoms with Crippen LogP contribution in [0.4, 0.5) is 16.3 Å². The van der Waals surface area contributed by atoms with Gasteiger partial charge in [-0.25, -0.2) is 9.18 Å². The van der Waals surface area contributed by atoms with E-state index in [0.717, 1.165) is 18.4 Å². The summed E-state index contributed by atoms with van der Waals surface area (Å²) in [4.78, 5) is 26.5. The fourth-order valence-corrected chi connectivity index (χ4v) is 3.72. The number of carboxylic acid groups (broad SMARTS) is 1. The van der Waals surface area contributed by atoms with Gasteiger partial charge in [-0.15, -0.1) is 0 Å². The Morgan fingerprint density at radius 3 is 2.45 bits per heavy atom. The minimum atomic E-state index is -0.981. The molecule has 0 bridgehead atoms. The van der Waals surface area contributed by atoms with Gasteiger partial charge in [0, 0.05) is 26.1 Å². The van der Waals surface area contributed by atoms with Crippen LogP contribution < -0.4 is 19.7 Å². The maximum absolute atomic E-state index is 13.3. The lowest BCUT2D eigenvalue weighted by molar-refractivity contribution is -0.149. The van der Waals surface area contributed by atoms with Crippen molar-refractivity contribution in [2.24, 2.45) is 0 Å². The Kier molecular flexibility index (Phi) is 9.26. The van der Waals surface area contributed by atoms with Gasteiger partial charge < -0.3 is 29.5 Å². The molecule has 4 rings (SSSR count). The van der Waals surface area contributed by atoms with E-state index in [1.54, 1.807) is 19.1 Å². The van der Waals surface area contributed by atoms with Crippen LogP contribution in [0.3, 0.4) is 0 Å². The predicted molar refractivity (Wildman–Crippen MR) is 140 cm³/mol. The summed E-state index contributed by atoms with van der Waals surface area (Å²) < 4.78 is 30.2. The zero-order valence-corrected chi connectivity index (χ0v) is 21.5. The van der Waals surface area contributed by atoms with Crippen LogP contribution in [-0.2, 0) is 16.0 Å². The summed E-state index contributed by atoms with van der Waals surface area (Å²) >= 11 is 0. The molecule has 2 N–H and O–H groups in total. The topological polar surface area (TPSA) is 119 Å². The van der Waals surface area contributed by atoms with Crippen LogP contribution in [0.15, 0.2) is 48.5 Å². The van der Waals surface area contributed by atoms with E-state index in [1.807, 2.05) is 24.1 Å². The Morgan fingerprint density at radius 2 is 1.82 bits per heavy atom. The van der Waals surface area contributed by atoms with E-state index >= 15 is 0 Å². The highest BCUT2D eigenvalue weighted by Crippen LogP contribution is 2.25. The highest BCUT2D eigenvalue weighted by molar-refractivity contribution is 5.72. The zero-order valence-electron chi connectivity index (χ0n) is 21.5. The first-order valence-corrected chi connectivity index (χ1v) is 12.6. The van der Waals surface area contributed by atoms with Gasteiger partial charge in [0.2, 0.25) is 11.9 Å². The van der Waals surface area contributed by atoms with Crippen LogP contribution >= 0.6 is 0 Å². The van der Waals surface area contributed by atoms with Gasteiger partial charge in [-0.2, -0.15) is 15.0 Å². The van der Waals surface area contributed by atoms with Crippen LogP contribution in [0.1, 0.15) is 31.7 Å². The van der Waals surface area contributed by atoms with Crippen molar-refractivity contribution in [2.75, 3.05) is 37.0 Å². The number of halogens is 1. The zero-order chi connectivity index (χ0) is 26.9. The number of aliphatic carboxylic acids is 1. The molecule has 1 heterocycles. The molecule has 2 aromatic carbocycles. The second-order valence-electron chi connectivity index (χ2n) is 8.97. The highest BCUT2D eigenvalue weighted by atomic mass is 19.1. The quantitative estimate of drug-likeness (QED) is 0.315. The van der Waals surface area contributed by atoms with Crippen molar-refractivity contribution in [1.82, 2.24) is 15.0 Å². The first-order chi connectivity index (χ1) is 18.4. The Bertz CT molecular complexity index is 1190. The van der Waals surface area contributed by atoms with E-state index in [9.17, 15) is 14.3 Å². The normalized spacial score (nSPS) is 13.9. The molecule has 1 saturated carbocycles. The van der Waals surface area contributed by atoms with Crippen molar-refractivity contribution >= 4 is 17.9 Å². The number of anilines is 2. The van der Waals surface area contributed by atoms with E-state index in [4.69, 9.17) is 14.2 Å². The van der Waals surface area contributed by atoms with Crippen LogP contribution in [0.5, 0.6) is 17.5 Å². The number of rotatable bonds is 14. The molecule has 1 aliphatic carbocycles. The molecule has 1 fully saturated rings. The smallest absolute Gasteiger partial charge is 0.333 e. The van der Waals surface area contributed by atoms with E-state index < -0.39 is 12.1 Å². The Morgan fingerprint density at radius 1 is 1.11 bits per heavy atom.